The number of anilines is 1. The summed E-state index contributed by atoms with van der Waals surface area (Å²) in [6.45, 7) is 0. The molecule has 1 aliphatic rings. The molecular formula is C25H20F3N3O2. The van der Waals surface area contributed by atoms with E-state index in [1.165, 1.54) is 0 Å². The first kappa shape index (κ1) is 21.1. The van der Waals surface area contributed by atoms with E-state index in [2.05, 4.69) is 15.3 Å². The predicted octanol–water partition coefficient (Wildman–Crippen LogP) is 6.16. The van der Waals surface area contributed by atoms with Gasteiger partial charge in [-0.05, 0) is 66.8 Å². The van der Waals surface area contributed by atoms with Crippen LogP contribution in [-0.2, 0) is 6.18 Å². The first-order valence-corrected chi connectivity index (χ1v) is 10.5. The van der Waals surface area contributed by atoms with Crippen LogP contribution in [-0.4, -0.2) is 22.0 Å². The van der Waals surface area contributed by atoms with E-state index >= 15 is 0 Å². The van der Waals surface area contributed by atoms with Crippen LogP contribution >= 0.6 is 0 Å². The van der Waals surface area contributed by atoms with E-state index in [0.717, 1.165) is 41.4 Å². The Bertz CT molecular complexity index is 1280. The predicted molar refractivity (Wildman–Crippen MR) is 118 cm³/mol. The molecule has 33 heavy (non-hydrogen) atoms. The lowest BCUT2D eigenvalue weighted by Gasteiger charge is -2.35. The van der Waals surface area contributed by atoms with Crippen molar-refractivity contribution in [2.24, 2.45) is 0 Å². The molecule has 1 amide bonds. The molecule has 0 radical (unpaired) electrons. The first-order valence-electron chi connectivity index (χ1n) is 10.5. The molecular weight excluding hydrogens is 431 g/mol. The van der Waals surface area contributed by atoms with Gasteiger partial charge in [0.15, 0.2) is 0 Å². The average molecular weight is 451 g/mol. The number of benzene rings is 2. The van der Waals surface area contributed by atoms with Crippen LogP contribution in [0.15, 0.2) is 73.1 Å². The highest BCUT2D eigenvalue weighted by Crippen LogP contribution is 2.41. The molecule has 8 heteroatoms. The van der Waals surface area contributed by atoms with Crippen LogP contribution in [0.5, 0.6) is 5.75 Å². The van der Waals surface area contributed by atoms with Gasteiger partial charge in [0.25, 0.3) is 5.91 Å². The van der Waals surface area contributed by atoms with Crippen molar-refractivity contribution in [3.8, 4) is 5.75 Å². The molecule has 0 unspecified atom stereocenters. The summed E-state index contributed by atoms with van der Waals surface area (Å²) in [7, 11) is 0. The summed E-state index contributed by atoms with van der Waals surface area (Å²) in [6, 6.07) is 16.1. The molecule has 5 rings (SSSR count). The zero-order chi connectivity index (χ0) is 23.0. The van der Waals surface area contributed by atoms with E-state index < -0.39 is 11.7 Å². The van der Waals surface area contributed by atoms with Crippen LogP contribution in [0.2, 0.25) is 0 Å². The van der Waals surface area contributed by atoms with Crippen molar-refractivity contribution >= 4 is 22.5 Å². The van der Waals surface area contributed by atoms with Gasteiger partial charge in [-0.2, -0.15) is 13.2 Å². The lowest BCUT2D eigenvalue weighted by atomic mass is 9.77. The number of aromatic amines is 1. The highest BCUT2D eigenvalue weighted by atomic mass is 19.4. The standard InChI is InChI=1S/C25H20F3N3O2/c26-25(27,28)17-6-4-15(5-7-17)16-11-19(12-16)33-18-8-9-21-20(13-18)23(14-30-21)31-24(32)22-3-1-2-10-29-22/h1-10,13-14,16,19,30H,11-12H2,(H,31,32)/t16-,19+. The number of ether oxygens (including phenoxy) is 1. The molecule has 1 aliphatic carbocycles. The monoisotopic (exact) mass is 451 g/mol. The van der Waals surface area contributed by atoms with E-state index in [9.17, 15) is 18.0 Å². The van der Waals surface area contributed by atoms with E-state index in [1.54, 1.807) is 42.7 Å². The van der Waals surface area contributed by atoms with Gasteiger partial charge in [0.1, 0.15) is 11.4 Å². The maximum absolute atomic E-state index is 12.7. The third kappa shape index (κ3) is 4.41. The van der Waals surface area contributed by atoms with E-state index in [-0.39, 0.29) is 17.9 Å². The maximum atomic E-state index is 12.7. The number of hydrogen-bond donors (Lipinski definition) is 2. The van der Waals surface area contributed by atoms with Gasteiger partial charge in [0.2, 0.25) is 0 Å². The highest BCUT2D eigenvalue weighted by molar-refractivity contribution is 6.08. The molecule has 2 N–H and O–H groups in total. The fourth-order valence-electron chi connectivity index (χ4n) is 4.03. The Morgan fingerprint density at radius 3 is 2.55 bits per heavy atom. The van der Waals surface area contributed by atoms with Crippen molar-refractivity contribution < 1.29 is 22.7 Å². The largest absolute Gasteiger partial charge is 0.490 e. The van der Waals surface area contributed by atoms with Crippen LogP contribution in [0.25, 0.3) is 10.9 Å². The second-order valence-corrected chi connectivity index (χ2v) is 8.11. The fourth-order valence-corrected chi connectivity index (χ4v) is 4.03. The first-order chi connectivity index (χ1) is 15.9. The summed E-state index contributed by atoms with van der Waals surface area (Å²) in [5.41, 5.74) is 2.06. The third-order valence-electron chi connectivity index (χ3n) is 5.91. The topological polar surface area (TPSA) is 67.0 Å². The minimum atomic E-state index is -4.32. The Labute approximate surface area is 187 Å². The number of fused-ring (bicyclic) bond motifs is 1. The number of halogens is 3. The molecule has 5 nitrogen and oxygen atoms in total. The Morgan fingerprint density at radius 2 is 1.85 bits per heavy atom. The Kier molecular flexibility index (Phi) is 5.28. The molecule has 1 fully saturated rings. The summed E-state index contributed by atoms with van der Waals surface area (Å²) < 4.78 is 44.3. The zero-order valence-electron chi connectivity index (χ0n) is 17.4. The molecule has 0 spiro atoms. The van der Waals surface area contributed by atoms with Crippen LogP contribution in [0, 0.1) is 0 Å². The SMILES string of the molecule is O=C(Nc1c[nH]c2ccc(O[C@H]3C[C@@H](c4ccc(C(F)(F)F)cc4)C3)cc12)c1ccccn1. The smallest absolute Gasteiger partial charge is 0.416 e. The molecule has 2 heterocycles. The molecule has 2 aromatic carbocycles. The van der Waals surface area contributed by atoms with Gasteiger partial charge in [-0.15, -0.1) is 0 Å². The third-order valence-corrected chi connectivity index (χ3v) is 5.91. The van der Waals surface area contributed by atoms with Gasteiger partial charge in [0.05, 0.1) is 17.4 Å². The van der Waals surface area contributed by atoms with E-state index in [0.29, 0.717) is 17.1 Å². The number of alkyl halides is 3. The Morgan fingerprint density at radius 1 is 1.06 bits per heavy atom. The minimum Gasteiger partial charge on any atom is -0.490 e. The van der Waals surface area contributed by atoms with Crippen molar-refractivity contribution in [1.82, 2.24) is 9.97 Å². The van der Waals surface area contributed by atoms with Gasteiger partial charge in [-0.25, -0.2) is 0 Å². The molecule has 0 saturated heterocycles. The van der Waals surface area contributed by atoms with Crippen LogP contribution in [0.4, 0.5) is 18.9 Å². The lowest BCUT2D eigenvalue weighted by Crippen LogP contribution is -2.32. The number of rotatable bonds is 5. The van der Waals surface area contributed by atoms with Gasteiger partial charge in [-0.3, -0.25) is 9.78 Å². The summed E-state index contributed by atoms with van der Waals surface area (Å²) >= 11 is 0. The van der Waals surface area contributed by atoms with Crippen molar-refractivity contribution in [1.29, 1.82) is 0 Å². The molecule has 1 saturated carbocycles. The Hall–Kier alpha value is -3.81. The number of nitrogens with zero attached hydrogens (tertiary/aromatic N) is 1. The number of H-pyrrole nitrogens is 1. The normalized spacial score (nSPS) is 18.0. The van der Waals surface area contributed by atoms with Crippen molar-refractivity contribution in [2.45, 2.75) is 31.0 Å². The lowest BCUT2D eigenvalue weighted by molar-refractivity contribution is -0.137. The van der Waals surface area contributed by atoms with Crippen LogP contribution in [0.3, 0.4) is 0 Å². The highest BCUT2D eigenvalue weighted by Gasteiger charge is 2.34. The van der Waals surface area contributed by atoms with Gasteiger partial charge < -0.3 is 15.0 Å². The van der Waals surface area contributed by atoms with Crippen molar-refractivity contribution in [3.05, 3.63) is 89.9 Å². The van der Waals surface area contributed by atoms with Crippen LogP contribution in [0.1, 0.15) is 40.4 Å². The number of hydrogen-bond acceptors (Lipinski definition) is 3. The molecule has 2 aromatic heterocycles. The summed E-state index contributed by atoms with van der Waals surface area (Å²) in [5, 5.41) is 3.68. The second kappa shape index (κ2) is 8.27. The van der Waals surface area contributed by atoms with Crippen molar-refractivity contribution in [3.63, 3.8) is 0 Å². The van der Waals surface area contributed by atoms with E-state index in [4.69, 9.17) is 4.74 Å². The molecule has 0 atom stereocenters. The number of aromatic nitrogens is 2. The second-order valence-electron chi connectivity index (χ2n) is 8.11. The summed E-state index contributed by atoms with van der Waals surface area (Å²) in [4.78, 5) is 19.6. The molecule has 0 bridgehead atoms. The maximum Gasteiger partial charge on any atom is 0.416 e. The summed E-state index contributed by atoms with van der Waals surface area (Å²) in [5.74, 6) is 0.550. The fraction of sp³-hybridized carbons (Fsp3) is 0.200. The van der Waals surface area contributed by atoms with Gasteiger partial charge in [0, 0.05) is 23.3 Å². The van der Waals surface area contributed by atoms with Crippen LogP contribution < -0.4 is 10.1 Å². The van der Waals surface area contributed by atoms with Gasteiger partial charge in [-0.1, -0.05) is 18.2 Å². The number of pyridine rings is 1. The number of carbonyl (C=O) groups is 1. The zero-order valence-corrected chi connectivity index (χ0v) is 17.4. The summed E-state index contributed by atoms with van der Waals surface area (Å²) in [6.07, 6.45) is 0.419. The van der Waals surface area contributed by atoms with E-state index in [1.807, 2.05) is 18.2 Å². The minimum absolute atomic E-state index is 0.0137. The number of carbonyl (C=O) groups excluding carboxylic acids is 1. The number of amides is 1. The van der Waals surface area contributed by atoms with Crippen molar-refractivity contribution in [2.75, 3.05) is 5.32 Å². The molecule has 4 aromatic rings. The van der Waals surface area contributed by atoms with Gasteiger partial charge >= 0.3 is 6.18 Å². The molecule has 168 valence electrons. The quantitative estimate of drug-likeness (QED) is 0.382. The number of nitrogens with one attached hydrogen (secondary N) is 2. The molecule has 0 aliphatic heterocycles. The average Bonchev–Trinajstić information content (AvgIpc) is 3.18. The Balaban J connectivity index is 1.23.